The molecule has 20 heavy (non-hydrogen) atoms. The normalized spacial score (nSPS) is 10.5. The highest BCUT2D eigenvalue weighted by atomic mass is 32.2. The van der Waals surface area contributed by atoms with E-state index in [2.05, 4.69) is 22.0 Å². The second kappa shape index (κ2) is 7.12. The van der Waals surface area contributed by atoms with Crippen molar-refractivity contribution in [1.82, 2.24) is 10.3 Å². The summed E-state index contributed by atoms with van der Waals surface area (Å²) in [5.74, 6) is 6.83. The Kier molecular flexibility index (Phi) is 5.20. The van der Waals surface area contributed by atoms with Crippen molar-refractivity contribution in [1.29, 1.82) is 0 Å². The number of thioether (sulfide) groups is 1. The van der Waals surface area contributed by atoms with Gasteiger partial charge in [0.1, 0.15) is 5.82 Å². The summed E-state index contributed by atoms with van der Waals surface area (Å²) < 4.78 is 0. The number of amides is 1. The van der Waals surface area contributed by atoms with Gasteiger partial charge in [0, 0.05) is 11.9 Å². The Morgan fingerprint density at radius 2 is 2.20 bits per heavy atom. The lowest BCUT2D eigenvalue weighted by Gasteiger charge is -2.09. The number of hydrogen-bond donors (Lipinski definition) is 3. The van der Waals surface area contributed by atoms with Crippen molar-refractivity contribution >= 4 is 34.4 Å². The zero-order chi connectivity index (χ0) is 14.4. The van der Waals surface area contributed by atoms with E-state index >= 15 is 0 Å². The molecule has 1 aromatic heterocycles. The minimum absolute atomic E-state index is 0.0961. The number of hydrazine groups is 1. The van der Waals surface area contributed by atoms with E-state index in [1.807, 2.05) is 24.3 Å². The average molecular weight is 290 g/mol. The van der Waals surface area contributed by atoms with E-state index in [1.54, 1.807) is 17.8 Å². The Morgan fingerprint density at radius 3 is 2.95 bits per heavy atom. The third kappa shape index (κ3) is 3.40. The molecular weight excluding hydrogens is 272 g/mol. The van der Waals surface area contributed by atoms with E-state index in [-0.39, 0.29) is 5.91 Å². The van der Waals surface area contributed by atoms with Gasteiger partial charge in [-0.2, -0.15) is 11.8 Å². The maximum atomic E-state index is 12.3. The lowest BCUT2D eigenvalue weighted by Crippen LogP contribution is -2.25. The molecule has 0 bridgehead atoms. The Morgan fingerprint density at radius 1 is 1.40 bits per heavy atom. The van der Waals surface area contributed by atoms with E-state index in [0.717, 1.165) is 23.1 Å². The largest absolute Gasteiger partial charge is 0.352 e. The standard InChI is InChI=1S/C14H18N4OS/c1-20-8-4-7-16-14(19)11-9-13(18-15)17-12-6-3-2-5-10(11)12/h2-3,5-6,9H,4,7-8,15H2,1H3,(H,16,19)(H,17,18). The third-order valence-corrected chi connectivity index (χ3v) is 3.62. The number of nitrogen functional groups attached to an aromatic ring is 1. The number of hydrogen-bond acceptors (Lipinski definition) is 5. The second-order valence-electron chi connectivity index (χ2n) is 4.32. The topological polar surface area (TPSA) is 80.0 Å². The van der Waals surface area contributed by atoms with Crippen LogP contribution < -0.4 is 16.6 Å². The van der Waals surface area contributed by atoms with Gasteiger partial charge in [0.15, 0.2) is 0 Å². The average Bonchev–Trinajstić information content (AvgIpc) is 2.50. The van der Waals surface area contributed by atoms with E-state index in [4.69, 9.17) is 5.84 Å². The number of anilines is 1. The number of aromatic nitrogens is 1. The lowest BCUT2D eigenvalue weighted by atomic mass is 10.1. The molecule has 0 saturated heterocycles. The number of para-hydroxylation sites is 1. The second-order valence-corrected chi connectivity index (χ2v) is 5.30. The summed E-state index contributed by atoms with van der Waals surface area (Å²) in [7, 11) is 0. The molecule has 0 saturated carbocycles. The molecule has 1 heterocycles. The monoisotopic (exact) mass is 290 g/mol. The SMILES string of the molecule is CSCCCNC(=O)c1cc(NN)nc2ccccc12. The molecule has 0 aliphatic rings. The number of nitrogens with zero attached hydrogens (tertiary/aromatic N) is 1. The molecule has 0 aliphatic heterocycles. The molecule has 4 N–H and O–H groups in total. The van der Waals surface area contributed by atoms with Crippen LogP contribution in [-0.2, 0) is 0 Å². The Labute approximate surface area is 122 Å². The van der Waals surface area contributed by atoms with Gasteiger partial charge in [0.2, 0.25) is 0 Å². The number of benzene rings is 1. The smallest absolute Gasteiger partial charge is 0.252 e. The van der Waals surface area contributed by atoms with E-state index in [9.17, 15) is 4.79 Å². The number of carbonyl (C=O) groups excluding carboxylic acids is 1. The fourth-order valence-corrected chi connectivity index (χ4v) is 2.38. The van der Waals surface area contributed by atoms with Crippen molar-refractivity contribution in [3.8, 4) is 0 Å². The lowest BCUT2D eigenvalue weighted by molar-refractivity contribution is 0.0955. The quantitative estimate of drug-likeness (QED) is 0.431. The molecule has 2 rings (SSSR count). The number of nitrogens with one attached hydrogen (secondary N) is 2. The molecule has 2 aromatic rings. The highest BCUT2D eigenvalue weighted by Gasteiger charge is 2.12. The predicted molar refractivity (Wildman–Crippen MR) is 84.9 cm³/mol. The molecule has 6 heteroatoms. The van der Waals surface area contributed by atoms with E-state index in [0.29, 0.717) is 17.9 Å². The van der Waals surface area contributed by atoms with Crippen LogP contribution in [0, 0.1) is 0 Å². The van der Waals surface area contributed by atoms with Crippen LogP contribution >= 0.6 is 11.8 Å². The first-order valence-corrected chi connectivity index (χ1v) is 7.79. The molecule has 1 amide bonds. The Balaban J connectivity index is 2.25. The number of rotatable bonds is 6. The number of pyridine rings is 1. The summed E-state index contributed by atoms with van der Waals surface area (Å²) in [5.41, 5.74) is 3.83. The van der Waals surface area contributed by atoms with Crippen molar-refractivity contribution in [2.45, 2.75) is 6.42 Å². The van der Waals surface area contributed by atoms with Crippen LogP contribution in [0.5, 0.6) is 0 Å². The van der Waals surface area contributed by atoms with Crippen LogP contribution in [0.2, 0.25) is 0 Å². The van der Waals surface area contributed by atoms with Crippen LogP contribution in [0.1, 0.15) is 16.8 Å². The molecule has 1 aromatic carbocycles. The highest BCUT2D eigenvalue weighted by Crippen LogP contribution is 2.20. The number of nitrogens with two attached hydrogens (primary N) is 1. The molecule has 0 spiro atoms. The first-order chi connectivity index (χ1) is 9.76. The van der Waals surface area contributed by atoms with Crippen molar-refractivity contribution in [3.63, 3.8) is 0 Å². The van der Waals surface area contributed by atoms with Crippen LogP contribution in [0.25, 0.3) is 10.9 Å². The van der Waals surface area contributed by atoms with Gasteiger partial charge in [0.25, 0.3) is 5.91 Å². The van der Waals surface area contributed by atoms with Gasteiger partial charge in [-0.15, -0.1) is 0 Å². The molecular formula is C14H18N4OS. The molecule has 0 atom stereocenters. The van der Waals surface area contributed by atoms with Gasteiger partial charge in [-0.1, -0.05) is 18.2 Å². The molecule has 106 valence electrons. The van der Waals surface area contributed by atoms with Crippen LogP contribution in [-0.4, -0.2) is 29.4 Å². The zero-order valence-electron chi connectivity index (χ0n) is 11.3. The summed E-state index contributed by atoms with van der Waals surface area (Å²) in [6, 6.07) is 9.20. The van der Waals surface area contributed by atoms with Crippen LogP contribution in [0.15, 0.2) is 30.3 Å². The molecule has 0 fully saturated rings. The van der Waals surface area contributed by atoms with Gasteiger partial charge in [-0.05, 0) is 30.6 Å². The minimum atomic E-state index is -0.0961. The third-order valence-electron chi connectivity index (χ3n) is 2.92. The summed E-state index contributed by atoms with van der Waals surface area (Å²) in [5, 5.41) is 3.76. The summed E-state index contributed by atoms with van der Waals surface area (Å²) in [6.45, 7) is 0.668. The molecule has 0 aliphatic carbocycles. The fraction of sp³-hybridized carbons (Fsp3) is 0.286. The molecule has 0 radical (unpaired) electrons. The summed E-state index contributed by atoms with van der Waals surface area (Å²) in [4.78, 5) is 16.6. The highest BCUT2D eigenvalue weighted by molar-refractivity contribution is 7.98. The number of fused-ring (bicyclic) bond motifs is 1. The Bertz CT molecular complexity index is 603. The maximum absolute atomic E-state index is 12.3. The first kappa shape index (κ1) is 14.6. The van der Waals surface area contributed by atoms with Crippen molar-refractivity contribution in [2.24, 2.45) is 5.84 Å². The van der Waals surface area contributed by atoms with Gasteiger partial charge < -0.3 is 10.7 Å². The molecule has 5 nitrogen and oxygen atoms in total. The van der Waals surface area contributed by atoms with Crippen LogP contribution in [0.4, 0.5) is 5.82 Å². The fourth-order valence-electron chi connectivity index (χ4n) is 1.95. The van der Waals surface area contributed by atoms with Crippen molar-refractivity contribution < 1.29 is 4.79 Å². The number of carbonyl (C=O) groups is 1. The molecule has 0 unspecified atom stereocenters. The zero-order valence-corrected chi connectivity index (χ0v) is 12.2. The van der Waals surface area contributed by atoms with Gasteiger partial charge in [-0.25, -0.2) is 10.8 Å². The van der Waals surface area contributed by atoms with Gasteiger partial charge >= 0.3 is 0 Å². The summed E-state index contributed by atoms with van der Waals surface area (Å²) in [6.07, 6.45) is 3.01. The van der Waals surface area contributed by atoms with Crippen LogP contribution in [0.3, 0.4) is 0 Å². The minimum Gasteiger partial charge on any atom is -0.352 e. The van der Waals surface area contributed by atoms with E-state index in [1.165, 1.54) is 0 Å². The first-order valence-electron chi connectivity index (χ1n) is 6.40. The van der Waals surface area contributed by atoms with Crippen molar-refractivity contribution in [3.05, 3.63) is 35.9 Å². The Hall–Kier alpha value is -1.79. The predicted octanol–water partition coefficient (Wildman–Crippen LogP) is 2.00. The van der Waals surface area contributed by atoms with Gasteiger partial charge in [0.05, 0.1) is 11.1 Å². The van der Waals surface area contributed by atoms with Crippen molar-refractivity contribution in [2.75, 3.05) is 24.0 Å². The maximum Gasteiger partial charge on any atom is 0.252 e. The van der Waals surface area contributed by atoms with Gasteiger partial charge in [-0.3, -0.25) is 4.79 Å². The summed E-state index contributed by atoms with van der Waals surface area (Å²) >= 11 is 1.77. The van der Waals surface area contributed by atoms with E-state index < -0.39 is 0 Å².